The van der Waals surface area contributed by atoms with Crippen molar-refractivity contribution in [1.82, 2.24) is 9.80 Å². The van der Waals surface area contributed by atoms with Crippen LogP contribution >= 0.6 is 27.3 Å². The Morgan fingerprint density at radius 3 is 2.56 bits per heavy atom. The maximum Gasteiger partial charge on any atom is 0.133 e. The molecule has 1 saturated heterocycles. The number of nitrogens with zero attached hydrogens (tertiary/aromatic N) is 3. The second-order valence-electron chi connectivity index (χ2n) is 4.01. The Balaban J connectivity index is 2.09. The van der Waals surface area contributed by atoms with Crippen LogP contribution in [0.3, 0.4) is 0 Å². The molecule has 0 N–H and O–H groups in total. The molecule has 1 aliphatic heterocycles. The van der Waals surface area contributed by atoms with Crippen LogP contribution in [-0.4, -0.2) is 43.0 Å². The van der Waals surface area contributed by atoms with Crippen molar-refractivity contribution in [2.45, 2.75) is 6.04 Å². The fourth-order valence-corrected chi connectivity index (χ4v) is 3.38. The van der Waals surface area contributed by atoms with Crippen LogP contribution in [-0.2, 0) is 0 Å². The van der Waals surface area contributed by atoms with Gasteiger partial charge in [-0.05, 0) is 35.1 Å². The fourth-order valence-electron chi connectivity index (χ4n) is 1.88. The highest BCUT2D eigenvalue weighted by atomic mass is 79.9. The van der Waals surface area contributed by atoms with Crippen molar-refractivity contribution in [2.75, 3.05) is 33.2 Å². The van der Waals surface area contributed by atoms with Crippen molar-refractivity contribution < 1.29 is 0 Å². The molecule has 2 heterocycles. The molecule has 1 fully saturated rings. The summed E-state index contributed by atoms with van der Waals surface area (Å²) < 4.78 is 1.09. The first-order chi connectivity index (χ1) is 7.70. The van der Waals surface area contributed by atoms with Gasteiger partial charge in [-0.15, -0.1) is 11.3 Å². The smallest absolute Gasteiger partial charge is 0.133 e. The summed E-state index contributed by atoms with van der Waals surface area (Å²) in [6.07, 6.45) is 0. The van der Waals surface area contributed by atoms with Crippen molar-refractivity contribution in [3.63, 3.8) is 0 Å². The molecule has 5 heteroatoms. The topological polar surface area (TPSA) is 30.3 Å². The summed E-state index contributed by atoms with van der Waals surface area (Å²) >= 11 is 5.10. The van der Waals surface area contributed by atoms with E-state index in [0.29, 0.717) is 0 Å². The van der Waals surface area contributed by atoms with E-state index < -0.39 is 0 Å². The average Bonchev–Trinajstić information content (AvgIpc) is 2.69. The lowest BCUT2D eigenvalue weighted by atomic mass is 10.2. The van der Waals surface area contributed by atoms with Crippen molar-refractivity contribution >= 4 is 27.3 Å². The number of nitriles is 1. The fraction of sp³-hybridized carbons (Fsp3) is 0.545. The SMILES string of the molecule is CN1CCN(C(C#N)c2ccc(Br)s2)CC1. The minimum absolute atomic E-state index is 0.0787. The van der Waals surface area contributed by atoms with Gasteiger partial charge in [0.15, 0.2) is 0 Å². The molecule has 0 spiro atoms. The molecule has 0 radical (unpaired) electrons. The van der Waals surface area contributed by atoms with Gasteiger partial charge in [-0.2, -0.15) is 5.26 Å². The third-order valence-electron chi connectivity index (χ3n) is 2.89. The maximum atomic E-state index is 9.29. The summed E-state index contributed by atoms with van der Waals surface area (Å²) in [5.74, 6) is 0. The Hall–Kier alpha value is -0.410. The highest BCUT2D eigenvalue weighted by molar-refractivity contribution is 9.11. The average molecular weight is 300 g/mol. The van der Waals surface area contributed by atoms with Gasteiger partial charge in [0.1, 0.15) is 6.04 Å². The monoisotopic (exact) mass is 299 g/mol. The van der Waals surface area contributed by atoms with E-state index in [0.717, 1.165) is 34.8 Å². The summed E-state index contributed by atoms with van der Waals surface area (Å²) in [7, 11) is 2.13. The summed E-state index contributed by atoms with van der Waals surface area (Å²) in [5.41, 5.74) is 0. The first kappa shape index (κ1) is 12.1. The van der Waals surface area contributed by atoms with E-state index in [1.165, 1.54) is 0 Å². The number of halogens is 1. The molecule has 1 aromatic heterocycles. The highest BCUT2D eigenvalue weighted by Gasteiger charge is 2.24. The highest BCUT2D eigenvalue weighted by Crippen LogP contribution is 2.30. The van der Waals surface area contributed by atoms with Gasteiger partial charge in [0.2, 0.25) is 0 Å². The molecule has 0 amide bonds. The van der Waals surface area contributed by atoms with Gasteiger partial charge in [-0.25, -0.2) is 0 Å². The Labute approximate surface area is 108 Å². The predicted octanol–water partition coefficient (Wildman–Crippen LogP) is 2.32. The second kappa shape index (κ2) is 5.28. The van der Waals surface area contributed by atoms with Gasteiger partial charge in [0.05, 0.1) is 9.86 Å². The number of hydrogen-bond acceptors (Lipinski definition) is 4. The Bertz CT molecular complexity index is 390. The van der Waals surface area contributed by atoms with Crippen LogP contribution in [0.25, 0.3) is 0 Å². The lowest BCUT2D eigenvalue weighted by Gasteiger charge is -2.34. The van der Waals surface area contributed by atoms with Crippen molar-refractivity contribution in [3.8, 4) is 6.07 Å². The zero-order chi connectivity index (χ0) is 11.5. The molecular formula is C11H14BrN3S. The molecule has 16 heavy (non-hydrogen) atoms. The molecule has 2 rings (SSSR count). The number of piperazine rings is 1. The van der Waals surface area contributed by atoms with E-state index in [1.54, 1.807) is 11.3 Å². The van der Waals surface area contributed by atoms with Crippen LogP contribution in [0.4, 0.5) is 0 Å². The zero-order valence-electron chi connectivity index (χ0n) is 9.19. The van der Waals surface area contributed by atoms with E-state index in [9.17, 15) is 5.26 Å². The summed E-state index contributed by atoms with van der Waals surface area (Å²) in [5, 5.41) is 9.29. The van der Waals surface area contributed by atoms with Crippen molar-refractivity contribution in [3.05, 3.63) is 20.8 Å². The third-order valence-corrected chi connectivity index (χ3v) is 4.56. The van der Waals surface area contributed by atoms with Gasteiger partial charge >= 0.3 is 0 Å². The molecule has 0 aromatic carbocycles. The van der Waals surface area contributed by atoms with Gasteiger partial charge in [0, 0.05) is 31.1 Å². The van der Waals surface area contributed by atoms with E-state index in [4.69, 9.17) is 0 Å². The van der Waals surface area contributed by atoms with E-state index in [1.807, 2.05) is 12.1 Å². The largest absolute Gasteiger partial charge is 0.304 e. The third kappa shape index (κ3) is 2.64. The summed E-state index contributed by atoms with van der Waals surface area (Å²) in [4.78, 5) is 5.70. The molecule has 0 saturated carbocycles. The van der Waals surface area contributed by atoms with Crippen LogP contribution < -0.4 is 0 Å². The van der Waals surface area contributed by atoms with Crippen LogP contribution in [0.2, 0.25) is 0 Å². The molecule has 0 aliphatic carbocycles. The van der Waals surface area contributed by atoms with Gasteiger partial charge in [-0.3, -0.25) is 4.90 Å². The minimum atomic E-state index is -0.0787. The molecule has 0 bridgehead atoms. The first-order valence-corrected chi connectivity index (χ1v) is 6.89. The zero-order valence-corrected chi connectivity index (χ0v) is 11.6. The quantitative estimate of drug-likeness (QED) is 0.840. The molecule has 86 valence electrons. The van der Waals surface area contributed by atoms with Crippen LogP contribution in [0.1, 0.15) is 10.9 Å². The van der Waals surface area contributed by atoms with Gasteiger partial charge in [0.25, 0.3) is 0 Å². The van der Waals surface area contributed by atoms with Crippen molar-refractivity contribution in [2.24, 2.45) is 0 Å². The second-order valence-corrected chi connectivity index (χ2v) is 6.51. The number of likely N-dealkylation sites (N-methyl/N-ethyl adjacent to an activating group) is 1. The molecule has 1 atom stereocenters. The minimum Gasteiger partial charge on any atom is -0.304 e. The van der Waals surface area contributed by atoms with Crippen molar-refractivity contribution in [1.29, 1.82) is 5.26 Å². The Morgan fingerprint density at radius 1 is 1.38 bits per heavy atom. The predicted molar refractivity (Wildman–Crippen MR) is 69.4 cm³/mol. The van der Waals surface area contributed by atoms with Crippen LogP contribution in [0.15, 0.2) is 15.9 Å². The summed E-state index contributed by atoms with van der Waals surface area (Å²) in [6, 6.07) is 6.39. The number of rotatable bonds is 2. The Kier molecular flexibility index (Phi) is 3.98. The standard InChI is InChI=1S/C11H14BrN3S/c1-14-4-6-15(7-5-14)9(8-13)10-2-3-11(12)16-10/h2-3,9H,4-7H2,1H3. The molecule has 1 aromatic rings. The summed E-state index contributed by atoms with van der Waals surface area (Å²) in [6.45, 7) is 4.05. The normalized spacial score (nSPS) is 20.6. The lowest BCUT2D eigenvalue weighted by molar-refractivity contribution is 0.134. The van der Waals surface area contributed by atoms with Crippen LogP contribution in [0, 0.1) is 11.3 Å². The van der Waals surface area contributed by atoms with Gasteiger partial charge < -0.3 is 4.90 Å². The molecule has 3 nitrogen and oxygen atoms in total. The molecule has 1 unspecified atom stereocenters. The molecule has 1 aliphatic rings. The number of hydrogen-bond donors (Lipinski definition) is 0. The maximum absolute atomic E-state index is 9.29. The van der Waals surface area contributed by atoms with Crippen LogP contribution in [0.5, 0.6) is 0 Å². The lowest BCUT2D eigenvalue weighted by Crippen LogP contribution is -2.45. The first-order valence-electron chi connectivity index (χ1n) is 5.28. The van der Waals surface area contributed by atoms with Gasteiger partial charge in [-0.1, -0.05) is 0 Å². The number of thiophene rings is 1. The van der Waals surface area contributed by atoms with E-state index in [-0.39, 0.29) is 6.04 Å². The molecular weight excluding hydrogens is 286 g/mol. The van der Waals surface area contributed by atoms with E-state index >= 15 is 0 Å². The van der Waals surface area contributed by atoms with E-state index in [2.05, 4.69) is 38.8 Å². The Morgan fingerprint density at radius 2 is 2.06 bits per heavy atom.